The predicted octanol–water partition coefficient (Wildman–Crippen LogP) is 2.43. The normalized spacial score (nSPS) is 10.5. The SMILES string of the molecule is CCOC(=O)c1cc(C(=O)OCC)n(Cc2ccccc2COC)n1. The zero-order chi connectivity index (χ0) is 18.2. The summed E-state index contributed by atoms with van der Waals surface area (Å²) in [6.07, 6.45) is 0. The lowest BCUT2D eigenvalue weighted by molar-refractivity contribution is 0.0506. The van der Waals surface area contributed by atoms with Gasteiger partial charge in [0.15, 0.2) is 5.69 Å². The highest BCUT2D eigenvalue weighted by atomic mass is 16.5. The molecule has 0 N–H and O–H groups in total. The predicted molar refractivity (Wildman–Crippen MR) is 90.4 cm³/mol. The zero-order valence-electron chi connectivity index (χ0n) is 14.7. The largest absolute Gasteiger partial charge is 0.461 e. The second kappa shape index (κ2) is 8.98. The van der Waals surface area contributed by atoms with Gasteiger partial charge in [0.2, 0.25) is 0 Å². The van der Waals surface area contributed by atoms with Crippen LogP contribution in [0.15, 0.2) is 30.3 Å². The van der Waals surface area contributed by atoms with Crippen LogP contribution in [0, 0.1) is 0 Å². The monoisotopic (exact) mass is 346 g/mol. The molecule has 0 fully saturated rings. The molecule has 0 spiro atoms. The number of aromatic nitrogens is 2. The molecule has 7 heteroatoms. The summed E-state index contributed by atoms with van der Waals surface area (Å²) in [5.74, 6) is -1.10. The van der Waals surface area contributed by atoms with E-state index in [0.29, 0.717) is 13.2 Å². The second-order valence-electron chi connectivity index (χ2n) is 5.22. The van der Waals surface area contributed by atoms with Crippen molar-refractivity contribution < 1.29 is 23.8 Å². The summed E-state index contributed by atoms with van der Waals surface area (Å²) in [7, 11) is 1.62. The highest BCUT2D eigenvalue weighted by molar-refractivity contribution is 5.93. The number of ether oxygens (including phenoxy) is 3. The van der Waals surface area contributed by atoms with Crippen molar-refractivity contribution in [2.24, 2.45) is 0 Å². The van der Waals surface area contributed by atoms with Gasteiger partial charge in [-0.2, -0.15) is 5.10 Å². The molecular weight excluding hydrogens is 324 g/mol. The molecule has 0 unspecified atom stereocenters. The molecule has 0 aliphatic heterocycles. The molecule has 1 heterocycles. The summed E-state index contributed by atoms with van der Waals surface area (Å²) in [5, 5.41) is 4.23. The van der Waals surface area contributed by atoms with Crippen LogP contribution in [0.2, 0.25) is 0 Å². The molecule has 1 aromatic heterocycles. The molecule has 0 bridgehead atoms. The lowest BCUT2D eigenvalue weighted by Crippen LogP contribution is -2.15. The fourth-order valence-corrected chi connectivity index (χ4v) is 2.38. The van der Waals surface area contributed by atoms with Gasteiger partial charge in [0, 0.05) is 13.2 Å². The van der Waals surface area contributed by atoms with E-state index >= 15 is 0 Å². The van der Waals surface area contributed by atoms with E-state index in [1.54, 1.807) is 21.0 Å². The summed E-state index contributed by atoms with van der Waals surface area (Å²) >= 11 is 0. The number of hydrogen-bond donors (Lipinski definition) is 0. The highest BCUT2D eigenvalue weighted by Gasteiger charge is 2.21. The lowest BCUT2D eigenvalue weighted by atomic mass is 10.1. The average Bonchev–Trinajstić information content (AvgIpc) is 3.01. The smallest absolute Gasteiger partial charge is 0.358 e. The fourth-order valence-electron chi connectivity index (χ4n) is 2.38. The molecule has 2 aromatic rings. The van der Waals surface area contributed by atoms with Crippen LogP contribution >= 0.6 is 0 Å². The highest BCUT2D eigenvalue weighted by Crippen LogP contribution is 2.15. The summed E-state index contributed by atoms with van der Waals surface area (Å²) < 4.78 is 16.7. The van der Waals surface area contributed by atoms with Crippen LogP contribution in [-0.4, -0.2) is 42.0 Å². The second-order valence-corrected chi connectivity index (χ2v) is 5.22. The minimum atomic E-state index is -0.572. The molecule has 25 heavy (non-hydrogen) atoms. The Hall–Kier alpha value is -2.67. The first-order valence-corrected chi connectivity index (χ1v) is 8.08. The molecule has 1 aromatic carbocycles. The first-order valence-electron chi connectivity index (χ1n) is 8.08. The quantitative estimate of drug-likeness (QED) is 0.683. The van der Waals surface area contributed by atoms with Gasteiger partial charge in [-0.1, -0.05) is 24.3 Å². The maximum absolute atomic E-state index is 12.2. The Morgan fingerprint density at radius 2 is 1.68 bits per heavy atom. The van der Waals surface area contributed by atoms with Crippen LogP contribution in [-0.2, 0) is 27.4 Å². The number of hydrogen-bond acceptors (Lipinski definition) is 6. The summed E-state index contributed by atoms with van der Waals surface area (Å²) in [5.41, 5.74) is 2.20. The first-order chi connectivity index (χ1) is 12.1. The molecule has 0 amide bonds. The molecule has 0 saturated carbocycles. The maximum Gasteiger partial charge on any atom is 0.358 e. The van der Waals surface area contributed by atoms with Crippen molar-refractivity contribution in [3.8, 4) is 0 Å². The summed E-state index contributed by atoms with van der Waals surface area (Å²) in [6.45, 7) is 4.65. The van der Waals surface area contributed by atoms with Gasteiger partial charge >= 0.3 is 11.9 Å². The molecule has 0 aliphatic carbocycles. The molecule has 0 atom stereocenters. The Morgan fingerprint density at radius 3 is 2.32 bits per heavy atom. The van der Waals surface area contributed by atoms with Crippen LogP contribution in [0.1, 0.15) is 46.0 Å². The van der Waals surface area contributed by atoms with Gasteiger partial charge in [0.25, 0.3) is 0 Å². The number of rotatable bonds is 8. The van der Waals surface area contributed by atoms with E-state index in [-0.39, 0.29) is 24.6 Å². The third-order valence-corrected chi connectivity index (χ3v) is 3.49. The summed E-state index contributed by atoms with van der Waals surface area (Å²) in [6, 6.07) is 9.08. The Balaban J connectivity index is 2.38. The molecule has 7 nitrogen and oxygen atoms in total. The van der Waals surface area contributed by atoms with Crippen molar-refractivity contribution >= 4 is 11.9 Å². The van der Waals surface area contributed by atoms with Gasteiger partial charge in [-0.3, -0.25) is 4.68 Å². The van der Waals surface area contributed by atoms with Gasteiger partial charge in [-0.15, -0.1) is 0 Å². The van der Waals surface area contributed by atoms with Crippen molar-refractivity contribution in [2.45, 2.75) is 27.0 Å². The van der Waals surface area contributed by atoms with Gasteiger partial charge in [-0.25, -0.2) is 9.59 Å². The van der Waals surface area contributed by atoms with E-state index in [4.69, 9.17) is 14.2 Å². The average molecular weight is 346 g/mol. The van der Waals surface area contributed by atoms with E-state index in [1.807, 2.05) is 24.3 Å². The van der Waals surface area contributed by atoms with Crippen LogP contribution in [0.5, 0.6) is 0 Å². The molecular formula is C18H22N2O5. The van der Waals surface area contributed by atoms with Gasteiger partial charge in [0.05, 0.1) is 26.4 Å². The molecule has 0 saturated heterocycles. The molecule has 0 radical (unpaired) electrons. The van der Waals surface area contributed by atoms with E-state index in [2.05, 4.69) is 5.10 Å². The maximum atomic E-state index is 12.2. The third-order valence-electron chi connectivity index (χ3n) is 3.49. The number of carbonyl (C=O) groups excluding carboxylic acids is 2. The Bertz CT molecular complexity index is 739. The van der Waals surface area contributed by atoms with Crippen molar-refractivity contribution in [1.82, 2.24) is 9.78 Å². The van der Waals surface area contributed by atoms with Gasteiger partial charge < -0.3 is 14.2 Å². The number of esters is 2. The van der Waals surface area contributed by atoms with E-state index in [9.17, 15) is 9.59 Å². The van der Waals surface area contributed by atoms with Crippen LogP contribution in [0.25, 0.3) is 0 Å². The molecule has 2 rings (SSSR count). The summed E-state index contributed by atoms with van der Waals surface area (Å²) in [4.78, 5) is 24.1. The zero-order valence-corrected chi connectivity index (χ0v) is 14.7. The van der Waals surface area contributed by atoms with Crippen LogP contribution in [0.4, 0.5) is 0 Å². The van der Waals surface area contributed by atoms with Gasteiger partial charge in [-0.05, 0) is 25.0 Å². The topological polar surface area (TPSA) is 79.7 Å². The molecule has 0 aliphatic rings. The Labute approximate surface area is 146 Å². The van der Waals surface area contributed by atoms with Crippen molar-refractivity contribution in [2.75, 3.05) is 20.3 Å². The minimum absolute atomic E-state index is 0.0779. The van der Waals surface area contributed by atoms with Crippen molar-refractivity contribution in [1.29, 1.82) is 0 Å². The Kier molecular flexibility index (Phi) is 6.71. The number of benzene rings is 1. The molecule has 134 valence electrons. The standard InChI is InChI=1S/C18H22N2O5/c1-4-24-17(21)15-10-16(18(22)25-5-2)20(19-15)11-13-8-6-7-9-14(13)12-23-3/h6-10H,4-5,11-12H2,1-3H3. The van der Waals surface area contributed by atoms with E-state index < -0.39 is 11.9 Å². The first kappa shape index (κ1) is 18.7. The van der Waals surface area contributed by atoms with E-state index in [0.717, 1.165) is 11.1 Å². The van der Waals surface area contributed by atoms with Gasteiger partial charge in [0.1, 0.15) is 5.69 Å². The Morgan fingerprint density at radius 1 is 1.04 bits per heavy atom. The number of nitrogens with zero attached hydrogens (tertiary/aromatic N) is 2. The van der Waals surface area contributed by atoms with E-state index in [1.165, 1.54) is 10.7 Å². The van der Waals surface area contributed by atoms with Crippen LogP contribution < -0.4 is 0 Å². The number of carbonyl (C=O) groups is 2. The van der Waals surface area contributed by atoms with Crippen molar-refractivity contribution in [3.63, 3.8) is 0 Å². The van der Waals surface area contributed by atoms with Crippen LogP contribution in [0.3, 0.4) is 0 Å². The lowest BCUT2D eigenvalue weighted by Gasteiger charge is -2.11. The third kappa shape index (κ3) is 4.67. The fraction of sp³-hybridized carbons (Fsp3) is 0.389. The van der Waals surface area contributed by atoms with Crippen molar-refractivity contribution in [3.05, 3.63) is 52.8 Å². The number of methoxy groups -OCH3 is 1. The minimum Gasteiger partial charge on any atom is -0.461 e.